The Morgan fingerprint density at radius 3 is 2.39 bits per heavy atom. The van der Waals surface area contributed by atoms with Gasteiger partial charge in [-0.05, 0) is 49.2 Å². The zero-order valence-corrected chi connectivity index (χ0v) is 16.1. The van der Waals surface area contributed by atoms with Gasteiger partial charge in [0.2, 0.25) is 0 Å². The third-order valence-corrected chi connectivity index (χ3v) is 5.61. The maximum absolute atomic E-state index is 13.6. The largest absolute Gasteiger partial charge is 0.344 e. The lowest BCUT2D eigenvalue weighted by atomic mass is 10.0. The average molecular weight is 387 g/mol. The monoisotopic (exact) mass is 386 g/mol. The fourth-order valence-electron chi connectivity index (χ4n) is 4.19. The molecule has 2 heterocycles. The summed E-state index contributed by atoms with van der Waals surface area (Å²) in [6.45, 7) is 0.926. The van der Waals surface area contributed by atoms with Crippen LogP contribution in [-0.4, -0.2) is 12.5 Å². The molecule has 3 aromatic carbocycles. The van der Waals surface area contributed by atoms with Gasteiger partial charge in [-0.25, -0.2) is 0 Å². The molecule has 0 aromatic heterocycles. The number of fused-ring (bicyclic) bond motifs is 1. The van der Waals surface area contributed by atoms with E-state index in [9.17, 15) is 4.79 Å². The number of halogens is 1. The number of rotatable bonds is 2. The lowest BCUT2D eigenvalue weighted by molar-refractivity contribution is -0.112. The summed E-state index contributed by atoms with van der Waals surface area (Å²) in [7, 11) is 0. The van der Waals surface area contributed by atoms with Gasteiger partial charge in [0.15, 0.2) is 0 Å². The Bertz CT molecular complexity index is 1090. The fraction of sp³-hybridized carbons (Fsp3) is 0.125. The molecule has 28 heavy (non-hydrogen) atoms. The normalized spacial score (nSPS) is 18.7. The number of para-hydroxylation sites is 2. The lowest BCUT2D eigenvalue weighted by Gasteiger charge is -2.22. The molecule has 0 atom stereocenters. The van der Waals surface area contributed by atoms with Crippen LogP contribution in [0.3, 0.4) is 0 Å². The van der Waals surface area contributed by atoms with Crippen LogP contribution in [0.1, 0.15) is 18.4 Å². The van der Waals surface area contributed by atoms with Crippen LogP contribution in [0.25, 0.3) is 5.57 Å². The average Bonchev–Trinajstić information content (AvgIpc) is 3.30. The van der Waals surface area contributed by atoms with Gasteiger partial charge < -0.3 is 4.90 Å². The van der Waals surface area contributed by atoms with E-state index in [2.05, 4.69) is 17.0 Å². The smallest absolute Gasteiger partial charge is 0.265 e. The Kier molecular flexibility index (Phi) is 4.18. The summed E-state index contributed by atoms with van der Waals surface area (Å²) in [4.78, 5) is 17.7. The molecular formula is C24H19ClN2O. The van der Waals surface area contributed by atoms with E-state index >= 15 is 0 Å². The maximum atomic E-state index is 13.6. The summed E-state index contributed by atoms with van der Waals surface area (Å²) in [5, 5.41) is 0.621. The third-order valence-electron chi connectivity index (χ3n) is 5.38. The molecule has 2 aliphatic heterocycles. The summed E-state index contributed by atoms with van der Waals surface area (Å²) in [6.07, 6.45) is 1.94. The van der Waals surface area contributed by atoms with Gasteiger partial charge in [0, 0.05) is 28.5 Å². The van der Waals surface area contributed by atoms with E-state index in [0.717, 1.165) is 53.3 Å². The topological polar surface area (TPSA) is 23.6 Å². The van der Waals surface area contributed by atoms with Crippen molar-refractivity contribution in [3.05, 3.63) is 95.1 Å². The van der Waals surface area contributed by atoms with Crippen molar-refractivity contribution >= 4 is 40.1 Å². The van der Waals surface area contributed by atoms with Crippen LogP contribution in [-0.2, 0) is 4.79 Å². The Morgan fingerprint density at radius 2 is 1.57 bits per heavy atom. The number of nitrogens with zero attached hydrogens (tertiary/aromatic N) is 2. The molecule has 1 saturated heterocycles. The first-order chi connectivity index (χ1) is 13.7. The second-order valence-electron chi connectivity index (χ2n) is 7.05. The van der Waals surface area contributed by atoms with Crippen molar-refractivity contribution in [2.75, 3.05) is 16.3 Å². The van der Waals surface area contributed by atoms with Crippen molar-refractivity contribution in [1.29, 1.82) is 0 Å². The molecule has 0 spiro atoms. The molecule has 0 aliphatic carbocycles. The van der Waals surface area contributed by atoms with Gasteiger partial charge in [-0.1, -0.05) is 54.1 Å². The van der Waals surface area contributed by atoms with Crippen molar-refractivity contribution in [3.8, 4) is 0 Å². The van der Waals surface area contributed by atoms with Crippen LogP contribution in [0.15, 0.2) is 84.6 Å². The van der Waals surface area contributed by atoms with Crippen LogP contribution in [0, 0.1) is 0 Å². The molecule has 1 fully saturated rings. The first-order valence-electron chi connectivity index (χ1n) is 9.49. The van der Waals surface area contributed by atoms with Crippen LogP contribution in [0.4, 0.5) is 17.1 Å². The van der Waals surface area contributed by atoms with Crippen molar-refractivity contribution in [1.82, 2.24) is 0 Å². The zero-order chi connectivity index (χ0) is 19.1. The SMILES string of the molecule is O=C1C(=C2CCCN2c2ccccc2)c2ccccc2N1c1cccc(Cl)c1. The van der Waals surface area contributed by atoms with E-state index in [-0.39, 0.29) is 5.91 Å². The minimum atomic E-state index is 0.0151. The first-order valence-corrected chi connectivity index (χ1v) is 9.87. The van der Waals surface area contributed by atoms with Crippen molar-refractivity contribution in [3.63, 3.8) is 0 Å². The zero-order valence-electron chi connectivity index (χ0n) is 15.3. The second-order valence-corrected chi connectivity index (χ2v) is 7.49. The maximum Gasteiger partial charge on any atom is 0.265 e. The van der Waals surface area contributed by atoms with Crippen LogP contribution < -0.4 is 9.80 Å². The number of allylic oxidation sites excluding steroid dienone is 1. The predicted octanol–water partition coefficient (Wildman–Crippen LogP) is 6.03. The number of carbonyl (C=O) groups excluding carboxylic acids is 1. The molecular weight excluding hydrogens is 368 g/mol. The Hall–Kier alpha value is -3.04. The van der Waals surface area contributed by atoms with Crippen molar-refractivity contribution in [2.45, 2.75) is 12.8 Å². The number of hydrogen-bond acceptors (Lipinski definition) is 2. The van der Waals surface area contributed by atoms with Crippen LogP contribution in [0.2, 0.25) is 5.02 Å². The number of carbonyl (C=O) groups is 1. The Balaban J connectivity index is 1.68. The Labute approximate surface area is 169 Å². The number of anilines is 3. The standard InChI is InChI=1S/C24H19ClN2O/c25-17-8-6-11-19(16-17)27-21-13-5-4-12-20(21)23(24(27)28)22-14-7-15-26(22)18-9-2-1-3-10-18/h1-6,8-13,16H,7,14-15H2. The van der Waals surface area contributed by atoms with E-state index in [4.69, 9.17) is 11.6 Å². The molecule has 3 aromatic rings. The van der Waals surface area contributed by atoms with Crippen LogP contribution in [0.5, 0.6) is 0 Å². The second kappa shape index (κ2) is 6.84. The van der Waals surface area contributed by atoms with Gasteiger partial charge in [-0.15, -0.1) is 0 Å². The Morgan fingerprint density at radius 1 is 0.821 bits per heavy atom. The van der Waals surface area contributed by atoms with Gasteiger partial charge in [0.25, 0.3) is 5.91 Å². The summed E-state index contributed by atoms with van der Waals surface area (Å²) < 4.78 is 0. The molecule has 0 unspecified atom stereocenters. The van der Waals surface area contributed by atoms with E-state index in [0.29, 0.717) is 5.02 Å². The lowest BCUT2D eigenvalue weighted by Crippen LogP contribution is -2.24. The molecule has 0 bridgehead atoms. The first kappa shape index (κ1) is 17.1. The summed E-state index contributed by atoms with van der Waals surface area (Å²) >= 11 is 6.21. The molecule has 0 N–H and O–H groups in total. The minimum absolute atomic E-state index is 0.0151. The van der Waals surface area contributed by atoms with Gasteiger partial charge in [-0.2, -0.15) is 0 Å². The molecule has 5 rings (SSSR count). The molecule has 4 heteroatoms. The molecule has 2 aliphatic rings. The highest BCUT2D eigenvalue weighted by Crippen LogP contribution is 2.45. The summed E-state index contributed by atoms with van der Waals surface area (Å²) in [5.74, 6) is 0.0151. The highest BCUT2D eigenvalue weighted by molar-refractivity contribution is 6.36. The predicted molar refractivity (Wildman–Crippen MR) is 115 cm³/mol. The van der Waals surface area contributed by atoms with E-state index in [1.807, 2.05) is 66.7 Å². The number of benzene rings is 3. The highest BCUT2D eigenvalue weighted by Gasteiger charge is 2.38. The van der Waals surface area contributed by atoms with E-state index in [1.54, 1.807) is 4.90 Å². The summed E-state index contributed by atoms with van der Waals surface area (Å²) in [6, 6.07) is 25.8. The molecule has 3 nitrogen and oxygen atoms in total. The molecule has 0 saturated carbocycles. The fourth-order valence-corrected chi connectivity index (χ4v) is 4.38. The minimum Gasteiger partial charge on any atom is -0.344 e. The van der Waals surface area contributed by atoms with Crippen molar-refractivity contribution < 1.29 is 4.79 Å². The van der Waals surface area contributed by atoms with E-state index in [1.165, 1.54) is 0 Å². The highest BCUT2D eigenvalue weighted by atomic mass is 35.5. The number of hydrogen-bond donors (Lipinski definition) is 0. The van der Waals surface area contributed by atoms with Crippen molar-refractivity contribution in [2.24, 2.45) is 0 Å². The molecule has 138 valence electrons. The number of amides is 1. The summed E-state index contributed by atoms with van der Waals surface area (Å²) in [5.41, 5.74) is 5.74. The molecule has 1 amide bonds. The van der Waals surface area contributed by atoms with Gasteiger partial charge >= 0.3 is 0 Å². The third kappa shape index (κ3) is 2.71. The van der Waals surface area contributed by atoms with Gasteiger partial charge in [0.1, 0.15) is 0 Å². The van der Waals surface area contributed by atoms with Crippen LogP contribution >= 0.6 is 11.6 Å². The van der Waals surface area contributed by atoms with Gasteiger partial charge in [-0.3, -0.25) is 9.69 Å². The van der Waals surface area contributed by atoms with E-state index < -0.39 is 0 Å². The van der Waals surface area contributed by atoms with Gasteiger partial charge in [0.05, 0.1) is 16.9 Å². The molecule has 0 radical (unpaired) electrons. The quantitative estimate of drug-likeness (QED) is 0.502.